The van der Waals surface area contributed by atoms with Crippen LogP contribution in [0, 0.1) is 0 Å². The molecule has 0 amide bonds. The SMILES string of the molecule is O.[Cl][Ru]([Cl])[Cl].c1ccc(P(c2ccccc2)c2ccccc2)cc1. The Balaban J connectivity index is 0.000000522. The second-order valence-corrected chi connectivity index (χ2v) is 14.6. The summed E-state index contributed by atoms with van der Waals surface area (Å²) in [6, 6.07) is 32.3. The van der Waals surface area contributed by atoms with Crippen LogP contribution in [-0.4, -0.2) is 5.48 Å². The number of hydrogen-bond donors (Lipinski definition) is 0. The Hall–Kier alpha value is -0.457. The van der Waals surface area contributed by atoms with Crippen LogP contribution < -0.4 is 15.9 Å². The topological polar surface area (TPSA) is 31.5 Å². The number of hydrogen-bond acceptors (Lipinski definition) is 0. The van der Waals surface area contributed by atoms with Crippen LogP contribution >= 0.6 is 37.0 Å². The van der Waals surface area contributed by atoms with E-state index in [1.165, 1.54) is 15.9 Å². The molecule has 2 N–H and O–H groups in total. The van der Waals surface area contributed by atoms with Crippen molar-refractivity contribution in [2.24, 2.45) is 0 Å². The van der Waals surface area contributed by atoms with Gasteiger partial charge in [-0.25, -0.2) is 0 Å². The zero-order chi connectivity index (χ0) is 16.5. The summed E-state index contributed by atoms with van der Waals surface area (Å²) in [4.78, 5) is 0. The molecule has 129 valence electrons. The molecule has 3 aromatic carbocycles. The second-order valence-electron chi connectivity index (χ2n) is 4.49. The molecule has 0 unspecified atom stereocenters. The molecule has 0 bridgehead atoms. The monoisotopic (exact) mass is 487 g/mol. The first-order valence-corrected chi connectivity index (χ1v) is 14.9. The molecule has 24 heavy (non-hydrogen) atoms. The van der Waals surface area contributed by atoms with E-state index < -0.39 is 20.9 Å². The normalized spacial score (nSPS) is 10.2. The van der Waals surface area contributed by atoms with E-state index in [4.69, 9.17) is 29.1 Å². The summed E-state index contributed by atoms with van der Waals surface area (Å²) in [5.41, 5.74) is 0. The van der Waals surface area contributed by atoms with Gasteiger partial charge < -0.3 is 5.48 Å². The van der Waals surface area contributed by atoms with Gasteiger partial charge in [0.05, 0.1) is 0 Å². The van der Waals surface area contributed by atoms with E-state index in [1.54, 1.807) is 0 Å². The van der Waals surface area contributed by atoms with E-state index in [1.807, 2.05) is 0 Å². The molecule has 0 spiro atoms. The van der Waals surface area contributed by atoms with Gasteiger partial charge in [-0.15, -0.1) is 0 Å². The van der Waals surface area contributed by atoms with Crippen LogP contribution in [0.1, 0.15) is 0 Å². The molecule has 0 saturated carbocycles. The second kappa shape index (κ2) is 12.0. The maximum absolute atomic E-state index is 4.95. The van der Waals surface area contributed by atoms with Crippen molar-refractivity contribution < 1.29 is 18.5 Å². The van der Waals surface area contributed by atoms with Crippen LogP contribution in [0.15, 0.2) is 91.0 Å². The van der Waals surface area contributed by atoms with Gasteiger partial charge in [0, 0.05) is 0 Å². The summed E-state index contributed by atoms with van der Waals surface area (Å²) in [5.74, 6) is 0. The molecule has 1 nitrogen and oxygen atoms in total. The Bertz CT molecular complexity index is 588. The Morgan fingerprint density at radius 3 is 0.917 bits per heavy atom. The smallest absolute Gasteiger partial charge is 0.0134 e. The zero-order valence-electron chi connectivity index (χ0n) is 12.6. The van der Waals surface area contributed by atoms with Gasteiger partial charge in [0.2, 0.25) is 0 Å². The van der Waals surface area contributed by atoms with Gasteiger partial charge in [-0.05, 0) is 23.8 Å². The van der Waals surface area contributed by atoms with Crippen LogP contribution in [0.2, 0.25) is 0 Å². The van der Waals surface area contributed by atoms with E-state index >= 15 is 0 Å². The summed E-state index contributed by atoms with van der Waals surface area (Å²) < 4.78 is 0. The van der Waals surface area contributed by atoms with E-state index in [-0.39, 0.29) is 5.48 Å². The molecule has 6 heteroatoms. The summed E-state index contributed by atoms with van der Waals surface area (Å²) >= 11 is -1.75. The quantitative estimate of drug-likeness (QED) is 0.379. The van der Waals surface area contributed by atoms with Gasteiger partial charge in [-0.3, -0.25) is 0 Å². The van der Waals surface area contributed by atoms with Gasteiger partial charge in [-0.1, -0.05) is 91.0 Å². The van der Waals surface area contributed by atoms with Gasteiger partial charge >= 0.3 is 42.1 Å². The molecular weight excluding hydrogens is 471 g/mol. The van der Waals surface area contributed by atoms with E-state index in [9.17, 15) is 0 Å². The largest absolute Gasteiger partial charge is 0.0622 e. The maximum atomic E-state index is 4.95. The van der Waals surface area contributed by atoms with Crippen molar-refractivity contribution in [1.29, 1.82) is 0 Å². The van der Waals surface area contributed by atoms with Gasteiger partial charge in [-0.2, -0.15) is 0 Å². The Labute approximate surface area is 161 Å². The standard InChI is InChI=1S/C18H15P.3ClH.H2O.Ru/c1-4-10-16(11-5-1)19(17-12-6-2-7-13-17)18-14-8-3-9-15-18;;;;;/h1-15H;3*1H;1H2;/q;;;;;+3/p-3. The van der Waals surface area contributed by atoms with Gasteiger partial charge in [0.1, 0.15) is 0 Å². The van der Waals surface area contributed by atoms with Crippen molar-refractivity contribution in [2.75, 3.05) is 0 Å². The van der Waals surface area contributed by atoms with Crippen molar-refractivity contribution >= 4 is 52.9 Å². The Morgan fingerprint density at radius 1 is 0.500 bits per heavy atom. The van der Waals surface area contributed by atoms with Gasteiger partial charge in [0.25, 0.3) is 0 Å². The molecular formula is C18H17Cl3OPRu. The van der Waals surface area contributed by atoms with Crippen LogP contribution in [-0.2, 0) is 13.0 Å². The molecule has 0 radical (unpaired) electrons. The third kappa shape index (κ3) is 7.20. The molecule has 3 rings (SSSR count). The van der Waals surface area contributed by atoms with E-state index in [2.05, 4.69) is 91.0 Å². The molecule has 3 aromatic rings. The third-order valence-corrected chi connectivity index (χ3v) is 5.49. The van der Waals surface area contributed by atoms with Crippen LogP contribution in [0.5, 0.6) is 0 Å². The molecule has 0 aliphatic rings. The van der Waals surface area contributed by atoms with Crippen molar-refractivity contribution in [3.8, 4) is 0 Å². The minimum atomic E-state index is -1.75. The fourth-order valence-electron chi connectivity index (χ4n) is 2.18. The predicted octanol–water partition coefficient (Wildman–Crippen LogP) is 4.69. The van der Waals surface area contributed by atoms with Crippen LogP contribution in [0.4, 0.5) is 0 Å². The molecule has 0 atom stereocenters. The fraction of sp³-hybridized carbons (Fsp3) is 0. The van der Waals surface area contributed by atoms with Crippen molar-refractivity contribution in [2.45, 2.75) is 0 Å². The maximum Gasteiger partial charge on any atom is -0.0134 e. The first-order chi connectivity index (χ1) is 11.2. The van der Waals surface area contributed by atoms with E-state index in [0.29, 0.717) is 0 Å². The first-order valence-electron chi connectivity index (χ1n) is 6.80. The first kappa shape index (κ1) is 21.6. The molecule has 0 fully saturated rings. The Morgan fingerprint density at radius 2 is 0.708 bits per heavy atom. The third-order valence-electron chi connectivity index (χ3n) is 3.04. The molecule has 0 aliphatic carbocycles. The van der Waals surface area contributed by atoms with Crippen molar-refractivity contribution in [3.05, 3.63) is 91.0 Å². The average molecular weight is 488 g/mol. The molecule has 0 aliphatic heterocycles. The van der Waals surface area contributed by atoms with E-state index in [0.717, 1.165) is 0 Å². The number of rotatable bonds is 3. The molecule has 0 heterocycles. The van der Waals surface area contributed by atoms with Crippen molar-refractivity contribution in [1.82, 2.24) is 0 Å². The minimum Gasteiger partial charge on any atom is -0.0622 e. The summed E-state index contributed by atoms with van der Waals surface area (Å²) in [6.45, 7) is 0. The van der Waals surface area contributed by atoms with Crippen molar-refractivity contribution in [3.63, 3.8) is 0 Å². The summed E-state index contributed by atoms with van der Waals surface area (Å²) in [6.07, 6.45) is 0. The summed E-state index contributed by atoms with van der Waals surface area (Å²) in [5, 5.41) is 4.19. The van der Waals surface area contributed by atoms with Crippen LogP contribution in [0.3, 0.4) is 0 Å². The van der Waals surface area contributed by atoms with Crippen LogP contribution in [0.25, 0.3) is 0 Å². The Kier molecular flexibility index (Phi) is 10.8. The fourth-order valence-corrected chi connectivity index (χ4v) is 4.48. The molecule has 0 saturated heterocycles. The average Bonchev–Trinajstić information content (AvgIpc) is 2.58. The zero-order valence-corrected chi connectivity index (χ0v) is 17.5. The number of benzene rings is 3. The summed E-state index contributed by atoms with van der Waals surface area (Å²) in [7, 11) is 14.4. The predicted molar refractivity (Wildman–Crippen MR) is 106 cm³/mol. The minimum absolute atomic E-state index is 0. The van der Waals surface area contributed by atoms with Gasteiger partial charge in [0.15, 0.2) is 0 Å². The molecule has 0 aromatic heterocycles. The number of halogens is 3.